The minimum Gasteiger partial charge on any atom is -0.482 e. The topological polar surface area (TPSA) is 38.8 Å². The maximum atomic E-state index is 12.2. The first-order chi connectivity index (χ1) is 11.8. The highest BCUT2D eigenvalue weighted by atomic mass is 35.5. The summed E-state index contributed by atoms with van der Waals surface area (Å²) in [5.74, 6) is 0.299. The van der Waals surface area contributed by atoms with Crippen LogP contribution < -0.4 is 9.47 Å². The molecule has 0 heterocycles. The predicted octanol–water partition coefficient (Wildman–Crippen LogP) is 4.29. The Kier molecular flexibility index (Phi) is 6.58. The van der Waals surface area contributed by atoms with Crippen LogP contribution in [0, 0.1) is 6.92 Å². The standard InChI is InChI=1S/C18H18ClF2NO3/c1-12-3-8-15(19)16(9-12)24-11-17(23)22(2)10-13-4-6-14(7-5-13)25-18(20)21/h3-9,18H,10-11H2,1-2H3. The summed E-state index contributed by atoms with van der Waals surface area (Å²) in [6, 6.07) is 11.4. The number of halogens is 3. The fourth-order valence-electron chi connectivity index (χ4n) is 2.11. The fraction of sp³-hybridized carbons (Fsp3) is 0.278. The maximum Gasteiger partial charge on any atom is 0.387 e. The Morgan fingerprint density at radius 2 is 1.88 bits per heavy atom. The zero-order valence-electron chi connectivity index (χ0n) is 13.8. The second kappa shape index (κ2) is 8.67. The van der Waals surface area contributed by atoms with Crippen molar-refractivity contribution >= 4 is 17.5 Å². The van der Waals surface area contributed by atoms with E-state index >= 15 is 0 Å². The number of ether oxygens (including phenoxy) is 2. The van der Waals surface area contributed by atoms with E-state index in [0.29, 0.717) is 17.3 Å². The monoisotopic (exact) mass is 369 g/mol. The third-order valence-electron chi connectivity index (χ3n) is 3.43. The molecular formula is C18H18ClF2NO3. The number of likely N-dealkylation sites (N-methyl/N-ethyl adjacent to an activating group) is 1. The van der Waals surface area contributed by atoms with Gasteiger partial charge in [-0.3, -0.25) is 4.79 Å². The molecule has 0 aliphatic heterocycles. The van der Waals surface area contributed by atoms with Crippen LogP contribution in [0.1, 0.15) is 11.1 Å². The van der Waals surface area contributed by atoms with Gasteiger partial charge in [-0.15, -0.1) is 0 Å². The lowest BCUT2D eigenvalue weighted by Gasteiger charge is -2.18. The Labute approximate surface area is 149 Å². The lowest BCUT2D eigenvalue weighted by Crippen LogP contribution is -2.31. The van der Waals surface area contributed by atoms with Crippen LogP contribution in [0.15, 0.2) is 42.5 Å². The van der Waals surface area contributed by atoms with Gasteiger partial charge in [-0.2, -0.15) is 8.78 Å². The molecule has 1 amide bonds. The quantitative estimate of drug-likeness (QED) is 0.731. The summed E-state index contributed by atoms with van der Waals surface area (Å²) in [6.07, 6.45) is 0. The van der Waals surface area contributed by atoms with E-state index in [-0.39, 0.29) is 18.3 Å². The first-order valence-corrected chi connectivity index (χ1v) is 7.89. The van der Waals surface area contributed by atoms with Crippen molar-refractivity contribution in [1.82, 2.24) is 4.90 Å². The molecule has 2 aromatic carbocycles. The molecule has 2 rings (SSSR count). The average Bonchev–Trinajstić information content (AvgIpc) is 2.56. The molecular weight excluding hydrogens is 352 g/mol. The molecule has 25 heavy (non-hydrogen) atoms. The number of aryl methyl sites for hydroxylation is 1. The third kappa shape index (κ3) is 5.90. The molecule has 0 aliphatic carbocycles. The van der Waals surface area contributed by atoms with Gasteiger partial charge in [0.2, 0.25) is 0 Å². The van der Waals surface area contributed by atoms with E-state index in [4.69, 9.17) is 16.3 Å². The van der Waals surface area contributed by atoms with Crippen molar-refractivity contribution in [2.45, 2.75) is 20.1 Å². The van der Waals surface area contributed by atoms with E-state index in [1.165, 1.54) is 17.0 Å². The Balaban J connectivity index is 1.88. The summed E-state index contributed by atoms with van der Waals surface area (Å²) in [4.78, 5) is 13.6. The van der Waals surface area contributed by atoms with E-state index in [2.05, 4.69) is 4.74 Å². The third-order valence-corrected chi connectivity index (χ3v) is 3.74. The number of benzene rings is 2. The molecule has 0 saturated heterocycles. The van der Waals surface area contributed by atoms with Crippen LogP contribution in [0.3, 0.4) is 0 Å². The molecule has 4 nitrogen and oxygen atoms in total. The first kappa shape index (κ1) is 19.0. The number of hydrogen-bond acceptors (Lipinski definition) is 3. The normalized spacial score (nSPS) is 10.6. The van der Waals surface area contributed by atoms with Gasteiger partial charge in [0.05, 0.1) is 5.02 Å². The van der Waals surface area contributed by atoms with Crippen molar-refractivity contribution < 1.29 is 23.0 Å². The first-order valence-electron chi connectivity index (χ1n) is 7.52. The number of carbonyl (C=O) groups is 1. The van der Waals surface area contributed by atoms with E-state index in [1.807, 2.05) is 13.0 Å². The van der Waals surface area contributed by atoms with Gasteiger partial charge in [-0.25, -0.2) is 0 Å². The lowest BCUT2D eigenvalue weighted by atomic mass is 10.2. The molecule has 0 unspecified atom stereocenters. The average molecular weight is 370 g/mol. The Bertz CT molecular complexity index is 723. The zero-order chi connectivity index (χ0) is 18.4. The number of rotatable bonds is 7. The van der Waals surface area contributed by atoms with Gasteiger partial charge in [0.25, 0.3) is 5.91 Å². The van der Waals surface area contributed by atoms with Crippen molar-refractivity contribution in [3.8, 4) is 11.5 Å². The van der Waals surface area contributed by atoms with Gasteiger partial charge in [0.15, 0.2) is 6.61 Å². The van der Waals surface area contributed by atoms with Gasteiger partial charge in [0, 0.05) is 13.6 Å². The molecule has 0 fully saturated rings. The Morgan fingerprint density at radius 3 is 2.52 bits per heavy atom. The molecule has 2 aromatic rings. The molecule has 0 saturated carbocycles. The molecule has 0 bridgehead atoms. The summed E-state index contributed by atoms with van der Waals surface area (Å²) < 4.78 is 34.0. The van der Waals surface area contributed by atoms with Crippen molar-refractivity contribution in [2.75, 3.05) is 13.7 Å². The minimum atomic E-state index is -2.86. The fourth-order valence-corrected chi connectivity index (χ4v) is 2.28. The van der Waals surface area contributed by atoms with Crippen LogP contribution in [-0.2, 0) is 11.3 Å². The van der Waals surface area contributed by atoms with E-state index < -0.39 is 6.61 Å². The maximum absolute atomic E-state index is 12.2. The number of amides is 1. The minimum absolute atomic E-state index is 0.0742. The number of hydrogen-bond donors (Lipinski definition) is 0. The highest BCUT2D eigenvalue weighted by molar-refractivity contribution is 6.32. The molecule has 7 heteroatoms. The van der Waals surface area contributed by atoms with Crippen LogP contribution in [0.25, 0.3) is 0 Å². The summed E-state index contributed by atoms with van der Waals surface area (Å²) >= 11 is 6.02. The smallest absolute Gasteiger partial charge is 0.387 e. The largest absolute Gasteiger partial charge is 0.482 e. The van der Waals surface area contributed by atoms with E-state index in [9.17, 15) is 13.6 Å². The van der Waals surface area contributed by atoms with Gasteiger partial charge in [-0.1, -0.05) is 29.8 Å². The van der Waals surface area contributed by atoms with Crippen molar-refractivity contribution in [3.05, 3.63) is 58.6 Å². The number of alkyl halides is 2. The highest BCUT2D eigenvalue weighted by Gasteiger charge is 2.12. The van der Waals surface area contributed by atoms with Crippen LogP contribution in [0.5, 0.6) is 11.5 Å². The van der Waals surface area contributed by atoms with Crippen molar-refractivity contribution in [2.24, 2.45) is 0 Å². The molecule has 0 N–H and O–H groups in total. The number of nitrogens with zero attached hydrogens (tertiary/aromatic N) is 1. The second-order valence-corrected chi connectivity index (χ2v) is 5.90. The van der Waals surface area contributed by atoms with Gasteiger partial charge >= 0.3 is 6.61 Å². The molecule has 0 aliphatic rings. The molecule has 0 atom stereocenters. The Hall–Kier alpha value is -2.34. The number of carbonyl (C=O) groups excluding carboxylic acids is 1. The van der Waals surface area contributed by atoms with Crippen LogP contribution >= 0.6 is 11.6 Å². The summed E-state index contributed by atoms with van der Waals surface area (Å²) in [6.45, 7) is -0.788. The Morgan fingerprint density at radius 1 is 1.20 bits per heavy atom. The van der Waals surface area contributed by atoms with Crippen LogP contribution in [-0.4, -0.2) is 31.1 Å². The van der Waals surface area contributed by atoms with Crippen molar-refractivity contribution in [3.63, 3.8) is 0 Å². The molecule has 0 aromatic heterocycles. The highest BCUT2D eigenvalue weighted by Crippen LogP contribution is 2.25. The van der Waals surface area contributed by atoms with Crippen LogP contribution in [0.2, 0.25) is 5.02 Å². The summed E-state index contributed by atoms with van der Waals surface area (Å²) in [5, 5.41) is 0.440. The zero-order valence-corrected chi connectivity index (χ0v) is 14.6. The lowest BCUT2D eigenvalue weighted by molar-refractivity contribution is -0.132. The predicted molar refractivity (Wildman–Crippen MR) is 91.2 cm³/mol. The molecule has 0 spiro atoms. The van der Waals surface area contributed by atoms with E-state index in [1.54, 1.807) is 31.3 Å². The van der Waals surface area contributed by atoms with Gasteiger partial charge in [0.1, 0.15) is 11.5 Å². The van der Waals surface area contributed by atoms with Crippen molar-refractivity contribution in [1.29, 1.82) is 0 Å². The van der Waals surface area contributed by atoms with Gasteiger partial charge < -0.3 is 14.4 Å². The van der Waals surface area contributed by atoms with E-state index in [0.717, 1.165) is 11.1 Å². The SMILES string of the molecule is Cc1ccc(Cl)c(OCC(=O)N(C)Cc2ccc(OC(F)F)cc2)c1. The summed E-state index contributed by atoms with van der Waals surface area (Å²) in [7, 11) is 1.63. The molecule has 0 radical (unpaired) electrons. The van der Waals surface area contributed by atoms with Crippen LogP contribution in [0.4, 0.5) is 8.78 Å². The molecule has 134 valence electrons. The second-order valence-electron chi connectivity index (χ2n) is 5.49. The summed E-state index contributed by atoms with van der Waals surface area (Å²) in [5.41, 5.74) is 1.76. The van der Waals surface area contributed by atoms with Gasteiger partial charge in [-0.05, 0) is 42.3 Å².